The van der Waals surface area contributed by atoms with E-state index < -0.39 is 0 Å². The molecule has 0 radical (unpaired) electrons. The van der Waals surface area contributed by atoms with Crippen molar-refractivity contribution in [2.24, 2.45) is 0 Å². The third kappa shape index (κ3) is 5.92. The van der Waals surface area contributed by atoms with Crippen LogP contribution in [-0.2, 0) is 4.74 Å². The average Bonchev–Trinajstić information content (AvgIpc) is 2.77. The zero-order valence-corrected chi connectivity index (χ0v) is 17.5. The van der Waals surface area contributed by atoms with Crippen LogP contribution in [0.15, 0.2) is 54.6 Å². The molecule has 0 aromatic heterocycles. The Labute approximate surface area is 178 Å². The molecule has 2 aliphatic heterocycles. The number of likely N-dealkylation sites (tertiary alicyclic amines) is 1. The molecule has 2 aromatic rings. The van der Waals surface area contributed by atoms with Gasteiger partial charge in [0.1, 0.15) is 11.5 Å². The SMILES string of the molecule is S=C(Nc1ccc(Oc2ccccc2)cc1)NC1CCN(C2CCOCC2)CC1. The first-order valence-corrected chi connectivity index (χ1v) is 10.9. The number of hydrogen-bond donors (Lipinski definition) is 2. The molecular weight excluding hydrogens is 382 g/mol. The number of rotatable bonds is 5. The van der Waals surface area contributed by atoms with Crippen molar-refractivity contribution in [3.63, 3.8) is 0 Å². The van der Waals surface area contributed by atoms with Gasteiger partial charge >= 0.3 is 0 Å². The van der Waals surface area contributed by atoms with Gasteiger partial charge in [-0.25, -0.2) is 0 Å². The molecule has 0 aliphatic carbocycles. The summed E-state index contributed by atoms with van der Waals surface area (Å²) in [6.45, 7) is 4.09. The molecule has 2 saturated heterocycles. The molecule has 2 N–H and O–H groups in total. The molecule has 2 fully saturated rings. The summed E-state index contributed by atoms with van der Waals surface area (Å²) in [5.41, 5.74) is 0.961. The van der Waals surface area contributed by atoms with Crippen molar-refractivity contribution in [2.75, 3.05) is 31.6 Å². The summed E-state index contributed by atoms with van der Waals surface area (Å²) in [4.78, 5) is 2.63. The van der Waals surface area contributed by atoms with Gasteiger partial charge in [-0.2, -0.15) is 0 Å². The molecule has 4 rings (SSSR count). The first kappa shape index (κ1) is 20.1. The van der Waals surface area contributed by atoms with Gasteiger partial charge in [-0.3, -0.25) is 0 Å². The van der Waals surface area contributed by atoms with Crippen LogP contribution in [0.5, 0.6) is 11.5 Å². The number of nitrogens with one attached hydrogen (secondary N) is 2. The lowest BCUT2D eigenvalue weighted by Crippen LogP contribution is -2.49. The largest absolute Gasteiger partial charge is 0.457 e. The number of piperidine rings is 1. The molecule has 0 atom stereocenters. The Morgan fingerprint density at radius 2 is 1.55 bits per heavy atom. The molecule has 0 amide bonds. The highest BCUT2D eigenvalue weighted by molar-refractivity contribution is 7.80. The molecule has 5 nitrogen and oxygen atoms in total. The number of anilines is 1. The summed E-state index contributed by atoms with van der Waals surface area (Å²) >= 11 is 5.53. The number of nitrogens with zero attached hydrogens (tertiary/aromatic N) is 1. The van der Waals surface area contributed by atoms with Gasteiger partial charge in [-0.05, 0) is 74.3 Å². The van der Waals surface area contributed by atoms with Crippen LogP contribution < -0.4 is 15.4 Å². The Balaban J connectivity index is 1.21. The second-order valence-corrected chi connectivity index (χ2v) is 8.10. The van der Waals surface area contributed by atoms with Gasteiger partial charge in [-0.15, -0.1) is 0 Å². The fourth-order valence-electron chi connectivity index (χ4n) is 4.04. The Morgan fingerprint density at radius 3 is 2.24 bits per heavy atom. The normalized spacial score (nSPS) is 18.9. The Morgan fingerprint density at radius 1 is 0.897 bits per heavy atom. The van der Waals surface area contributed by atoms with E-state index in [2.05, 4.69) is 15.5 Å². The lowest BCUT2D eigenvalue weighted by Gasteiger charge is -2.39. The minimum atomic E-state index is 0.437. The van der Waals surface area contributed by atoms with E-state index in [9.17, 15) is 0 Å². The van der Waals surface area contributed by atoms with Crippen molar-refractivity contribution >= 4 is 23.0 Å². The van der Waals surface area contributed by atoms with Crippen LogP contribution in [0.4, 0.5) is 5.69 Å². The number of para-hydroxylation sites is 1. The van der Waals surface area contributed by atoms with Gasteiger partial charge in [0.25, 0.3) is 0 Å². The van der Waals surface area contributed by atoms with E-state index in [1.54, 1.807) is 0 Å². The van der Waals surface area contributed by atoms with E-state index >= 15 is 0 Å². The topological polar surface area (TPSA) is 45.8 Å². The zero-order valence-electron chi connectivity index (χ0n) is 16.7. The van der Waals surface area contributed by atoms with Crippen molar-refractivity contribution in [3.05, 3.63) is 54.6 Å². The molecule has 0 saturated carbocycles. The van der Waals surface area contributed by atoms with Gasteiger partial charge in [0.2, 0.25) is 0 Å². The van der Waals surface area contributed by atoms with Crippen LogP contribution in [0.25, 0.3) is 0 Å². The maximum Gasteiger partial charge on any atom is 0.170 e. The summed E-state index contributed by atoms with van der Waals surface area (Å²) in [5.74, 6) is 1.64. The smallest absolute Gasteiger partial charge is 0.170 e. The molecule has 154 valence electrons. The second kappa shape index (κ2) is 10.1. The van der Waals surface area contributed by atoms with Crippen LogP contribution in [0.1, 0.15) is 25.7 Å². The van der Waals surface area contributed by atoms with E-state index in [4.69, 9.17) is 21.7 Å². The van der Waals surface area contributed by atoms with E-state index in [0.717, 1.165) is 56.3 Å². The number of benzene rings is 2. The molecule has 0 bridgehead atoms. The fraction of sp³-hybridized carbons (Fsp3) is 0.435. The van der Waals surface area contributed by atoms with Crippen LogP contribution in [0, 0.1) is 0 Å². The van der Waals surface area contributed by atoms with Gasteiger partial charge < -0.3 is 25.0 Å². The molecule has 0 spiro atoms. The van der Waals surface area contributed by atoms with Crippen LogP contribution in [0.3, 0.4) is 0 Å². The Bertz CT molecular complexity index is 770. The minimum absolute atomic E-state index is 0.437. The van der Waals surface area contributed by atoms with Crippen molar-refractivity contribution in [2.45, 2.75) is 37.8 Å². The highest BCUT2D eigenvalue weighted by Gasteiger charge is 2.26. The van der Waals surface area contributed by atoms with Gasteiger partial charge in [0.15, 0.2) is 5.11 Å². The average molecular weight is 412 g/mol. The maximum atomic E-state index is 5.83. The summed E-state index contributed by atoms with van der Waals surface area (Å²) in [5, 5.41) is 7.46. The fourth-order valence-corrected chi connectivity index (χ4v) is 4.33. The van der Waals surface area contributed by atoms with Crippen molar-refractivity contribution < 1.29 is 9.47 Å². The molecule has 2 aromatic carbocycles. The summed E-state index contributed by atoms with van der Waals surface area (Å²) in [7, 11) is 0. The lowest BCUT2D eigenvalue weighted by atomic mass is 10.00. The number of ether oxygens (including phenoxy) is 2. The van der Waals surface area contributed by atoms with E-state index in [1.165, 1.54) is 12.8 Å². The highest BCUT2D eigenvalue weighted by Crippen LogP contribution is 2.23. The first-order valence-electron chi connectivity index (χ1n) is 10.5. The van der Waals surface area contributed by atoms with Crippen molar-refractivity contribution in [1.82, 2.24) is 10.2 Å². The minimum Gasteiger partial charge on any atom is -0.457 e. The molecule has 6 heteroatoms. The quantitative estimate of drug-likeness (QED) is 0.711. The summed E-state index contributed by atoms with van der Waals surface area (Å²) in [6, 6.07) is 18.8. The van der Waals surface area contributed by atoms with Gasteiger partial charge in [-0.1, -0.05) is 18.2 Å². The molecule has 0 unspecified atom stereocenters. The third-order valence-corrected chi connectivity index (χ3v) is 5.88. The van der Waals surface area contributed by atoms with E-state index in [-0.39, 0.29) is 0 Å². The monoisotopic (exact) mass is 411 g/mol. The predicted molar refractivity (Wildman–Crippen MR) is 121 cm³/mol. The molecule has 2 heterocycles. The number of thiocarbonyl (C=S) groups is 1. The van der Waals surface area contributed by atoms with Gasteiger partial charge in [0.05, 0.1) is 0 Å². The van der Waals surface area contributed by atoms with E-state index in [0.29, 0.717) is 17.2 Å². The standard InChI is InChI=1S/C23H29N3O2S/c29-23(25-19-10-14-26(15-11-19)20-12-16-27-17-13-20)24-18-6-8-22(9-7-18)28-21-4-2-1-3-5-21/h1-9,19-20H,10-17H2,(H2,24,25,29). The summed E-state index contributed by atoms with van der Waals surface area (Å²) in [6.07, 6.45) is 4.59. The first-order chi connectivity index (χ1) is 14.3. The Hall–Kier alpha value is -2.15. The Kier molecular flexibility index (Phi) is 6.98. The lowest BCUT2D eigenvalue weighted by molar-refractivity contribution is 0.0247. The zero-order chi connectivity index (χ0) is 19.9. The van der Waals surface area contributed by atoms with Crippen molar-refractivity contribution in [1.29, 1.82) is 0 Å². The predicted octanol–water partition coefficient (Wildman–Crippen LogP) is 4.41. The number of hydrogen-bond acceptors (Lipinski definition) is 4. The molecule has 29 heavy (non-hydrogen) atoms. The second-order valence-electron chi connectivity index (χ2n) is 7.69. The molecular formula is C23H29N3O2S. The highest BCUT2D eigenvalue weighted by atomic mass is 32.1. The van der Waals surface area contributed by atoms with Gasteiger partial charge in [0, 0.05) is 44.1 Å². The maximum absolute atomic E-state index is 5.83. The van der Waals surface area contributed by atoms with Crippen molar-refractivity contribution in [3.8, 4) is 11.5 Å². The van der Waals surface area contributed by atoms with E-state index in [1.807, 2.05) is 54.6 Å². The summed E-state index contributed by atoms with van der Waals surface area (Å²) < 4.78 is 11.3. The van der Waals surface area contributed by atoms with Crippen LogP contribution in [0.2, 0.25) is 0 Å². The third-order valence-electron chi connectivity index (χ3n) is 5.66. The van der Waals surface area contributed by atoms with Crippen LogP contribution in [-0.4, -0.2) is 48.4 Å². The van der Waals surface area contributed by atoms with Crippen LogP contribution >= 0.6 is 12.2 Å². The molecule has 2 aliphatic rings.